The Kier molecular flexibility index (Phi) is 3.64. The van der Waals surface area contributed by atoms with Crippen molar-refractivity contribution in [2.75, 3.05) is 31.1 Å². The third kappa shape index (κ3) is 2.75. The van der Waals surface area contributed by atoms with Gasteiger partial charge in [0.25, 0.3) is 0 Å². The molecule has 98 valence electrons. The van der Waals surface area contributed by atoms with E-state index in [0.29, 0.717) is 6.10 Å². The normalized spacial score (nSPS) is 21.2. The molecule has 1 aliphatic carbocycles. The van der Waals surface area contributed by atoms with E-state index < -0.39 is 0 Å². The third-order valence-corrected chi connectivity index (χ3v) is 3.79. The molecule has 3 rings (SSSR count). The molecule has 1 aromatic rings. The zero-order valence-corrected chi connectivity index (χ0v) is 10.8. The van der Waals surface area contributed by atoms with Crippen LogP contribution in [0.25, 0.3) is 0 Å². The van der Waals surface area contributed by atoms with E-state index in [9.17, 15) is 0 Å². The molecule has 0 aromatic carbocycles. The molecule has 0 bridgehead atoms. The van der Waals surface area contributed by atoms with Gasteiger partial charge < -0.3 is 15.0 Å². The van der Waals surface area contributed by atoms with Gasteiger partial charge in [0, 0.05) is 32.2 Å². The van der Waals surface area contributed by atoms with Crippen LogP contribution in [0.4, 0.5) is 5.69 Å². The van der Waals surface area contributed by atoms with Crippen LogP contribution in [0.15, 0.2) is 18.5 Å². The number of ether oxygens (including phenoxy) is 1. The highest BCUT2D eigenvalue weighted by atomic mass is 16.5. The van der Waals surface area contributed by atoms with Gasteiger partial charge >= 0.3 is 0 Å². The van der Waals surface area contributed by atoms with Crippen LogP contribution in [0, 0.1) is 0 Å². The van der Waals surface area contributed by atoms with Crippen LogP contribution in [0.2, 0.25) is 0 Å². The first-order valence-electron chi connectivity index (χ1n) is 6.99. The quantitative estimate of drug-likeness (QED) is 0.884. The average molecular weight is 247 g/mol. The van der Waals surface area contributed by atoms with E-state index >= 15 is 0 Å². The summed E-state index contributed by atoms with van der Waals surface area (Å²) in [4.78, 5) is 6.68. The summed E-state index contributed by atoms with van der Waals surface area (Å²) in [6, 6.07) is 2.14. The lowest BCUT2D eigenvalue weighted by Crippen LogP contribution is -2.43. The molecule has 2 heterocycles. The zero-order valence-electron chi connectivity index (χ0n) is 10.8. The number of nitrogens with one attached hydrogen (secondary N) is 1. The second kappa shape index (κ2) is 5.57. The van der Waals surface area contributed by atoms with Gasteiger partial charge in [-0.05, 0) is 25.7 Å². The van der Waals surface area contributed by atoms with Crippen LogP contribution in [0.1, 0.15) is 25.7 Å². The molecular weight excluding hydrogens is 226 g/mol. The van der Waals surface area contributed by atoms with Gasteiger partial charge in [0.2, 0.25) is 0 Å². The summed E-state index contributed by atoms with van der Waals surface area (Å²) in [5.74, 6) is 0.929. The molecule has 18 heavy (non-hydrogen) atoms. The molecule has 4 nitrogen and oxygen atoms in total. The second-order valence-electron chi connectivity index (χ2n) is 5.14. The molecule has 1 aliphatic heterocycles. The summed E-state index contributed by atoms with van der Waals surface area (Å²) >= 11 is 0. The van der Waals surface area contributed by atoms with E-state index in [4.69, 9.17) is 4.74 Å². The summed E-state index contributed by atoms with van der Waals surface area (Å²) in [5.41, 5.74) is 1.19. The highest BCUT2D eigenvalue weighted by Crippen LogP contribution is 2.26. The van der Waals surface area contributed by atoms with E-state index in [1.54, 1.807) is 0 Å². The van der Waals surface area contributed by atoms with Gasteiger partial charge in [-0.1, -0.05) is 0 Å². The Morgan fingerprint density at radius 2 is 1.94 bits per heavy atom. The topological polar surface area (TPSA) is 37.4 Å². The molecule has 4 heteroatoms. The first kappa shape index (κ1) is 11.8. The Labute approximate surface area is 108 Å². The molecule has 1 saturated carbocycles. The maximum atomic E-state index is 6.00. The number of anilines is 1. The minimum atomic E-state index is 0.407. The van der Waals surface area contributed by atoms with Crippen LogP contribution < -0.4 is 15.0 Å². The lowest BCUT2D eigenvalue weighted by atomic mass is 10.3. The van der Waals surface area contributed by atoms with Crippen LogP contribution in [0.5, 0.6) is 5.75 Å². The van der Waals surface area contributed by atoms with Crippen molar-refractivity contribution < 1.29 is 4.74 Å². The fourth-order valence-electron chi connectivity index (χ4n) is 2.77. The van der Waals surface area contributed by atoms with Gasteiger partial charge in [-0.2, -0.15) is 0 Å². The van der Waals surface area contributed by atoms with Gasteiger partial charge in [-0.15, -0.1) is 0 Å². The number of piperazine rings is 1. The summed E-state index contributed by atoms with van der Waals surface area (Å²) in [7, 11) is 0. The van der Waals surface area contributed by atoms with Crippen molar-refractivity contribution in [3.05, 3.63) is 18.5 Å². The van der Waals surface area contributed by atoms with Crippen molar-refractivity contribution in [3.8, 4) is 5.75 Å². The zero-order chi connectivity index (χ0) is 12.2. The highest BCUT2D eigenvalue weighted by molar-refractivity contribution is 5.48. The average Bonchev–Trinajstić information content (AvgIpc) is 2.93. The fourth-order valence-corrected chi connectivity index (χ4v) is 2.77. The minimum Gasteiger partial charge on any atom is -0.489 e. The molecule has 2 aliphatic rings. The van der Waals surface area contributed by atoms with E-state index in [1.807, 2.05) is 12.4 Å². The summed E-state index contributed by atoms with van der Waals surface area (Å²) in [5, 5.41) is 3.36. The second-order valence-corrected chi connectivity index (χ2v) is 5.14. The lowest BCUT2D eigenvalue weighted by Gasteiger charge is -2.29. The molecule has 0 spiro atoms. The Morgan fingerprint density at radius 3 is 2.72 bits per heavy atom. The van der Waals surface area contributed by atoms with Crippen molar-refractivity contribution in [2.24, 2.45) is 0 Å². The summed E-state index contributed by atoms with van der Waals surface area (Å²) in [6.07, 6.45) is 9.17. The van der Waals surface area contributed by atoms with Crippen LogP contribution >= 0.6 is 0 Å². The predicted octanol–water partition coefficient (Wildman–Crippen LogP) is 1.81. The third-order valence-electron chi connectivity index (χ3n) is 3.79. The largest absolute Gasteiger partial charge is 0.489 e. The number of hydrogen-bond donors (Lipinski definition) is 1. The Balaban J connectivity index is 1.67. The van der Waals surface area contributed by atoms with Crippen LogP contribution in [-0.2, 0) is 0 Å². The van der Waals surface area contributed by atoms with Crippen molar-refractivity contribution in [3.63, 3.8) is 0 Å². The van der Waals surface area contributed by atoms with Gasteiger partial charge in [0.1, 0.15) is 5.75 Å². The van der Waals surface area contributed by atoms with Gasteiger partial charge in [-0.3, -0.25) is 4.98 Å². The number of aromatic nitrogens is 1. The van der Waals surface area contributed by atoms with Crippen LogP contribution in [0.3, 0.4) is 0 Å². The Hall–Kier alpha value is -1.29. The lowest BCUT2D eigenvalue weighted by molar-refractivity contribution is 0.209. The molecule has 2 fully saturated rings. The number of rotatable bonds is 3. The monoisotopic (exact) mass is 247 g/mol. The molecular formula is C14H21N3O. The molecule has 1 saturated heterocycles. The smallest absolute Gasteiger partial charge is 0.140 e. The maximum absolute atomic E-state index is 6.00. The van der Waals surface area contributed by atoms with Crippen molar-refractivity contribution >= 4 is 5.69 Å². The molecule has 1 N–H and O–H groups in total. The molecule has 0 amide bonds. The highest BCUT2D eigenvalue weighted by Gasteiger charge is 2.17. The van der Waals surface area contributed by atoms with Crippen LogP contribution in [-0.4, -0.2) is 37.3 Å². The van der Waals surface area contributed by atoms with Crippen molar-refractivity contribution in [1.82, 2.24) is 10.3 Å². The molecule has 0 unspecified atom stereocenters. The minimum absolute atomic E-state index is 0.407. The van der Waals surface area contributed by atoms with Crippen molar-refractivity contribution in [2.45, 2.75) is 31.8 Å². The standard InChI is InChI=1S/C14H21N3O/c1-2-4-13(3-1)18-14-9-12(10-16-11-14)17-7-5-15-6-8-17/h9-11,13,15H,1-8H2. The predicted molar refractivity (Wildman–Crippen MR) is 72.2 cm³/mol. The molecule has 0 atom stereocenters. The number of pyridine rings is 1. The molecule has 0 radical (unpaired) electrons. The fraction of sp³-hybridized carbons (Fsp3) is 0.643. The van der Waals surface area contributed by atoms with Gasteiger partial charge in [0.05, 0.1) is 24.2 Å². The number of nitrogens with zero attached hydrogens (tertiary/aromatic N) is 2. The maximum Gasteiger partial charge on any atom is 0.140 e. The van der Waals surface area contributed by atoms with E-state index in [2.05, 4.69) is 21.3 Å². The van der Waals surface area contributed by atoms with E-state index in [-0.39, 0.29) is 0 Å². The van der Waals surface area contributed by atoms with Gasteiger partial charge in [-0.25, -0.2) is 0 Å². The first-order valence-corrected chi connectivity index (χ1v) is 6.99. The first-order chi connectivity index (χ1) is 8.92. The van der Waals surface area contributed by atoms with E-state index in [0.717, 1.165) is 31.9 Å². The molecule has 1 aromatic heterocycles. The van der Waals surface area contributed by atoms with Crippen molar-refractivity contribution in [1.29, 1.82) is 0 Å². The summed E-state index contributed by atoms with van der Waals surface area (Å²) in [6.45, 7) is 4.20. The SMILES string of the molecule is c1ncc(N2CCNCC2)cc1OC1CCCC1. The Morgan fingerprint density at radius 1 is 1.17 bits per heavy atom. The number of hydrogen-bond acceptors (Lipinski definition) is 4. The van der Waals surface area contributed by atoms with Gasteiger partial charge in [0.15, 0.2) is 0 Å². The van der Waals surface area contributed by atoms with E-state index in [1.165, 1.54) is 31.4 Å². The summed E-state index contributed by atoms with van der Waals surface area (Å²) < 4.78 is 6.00. The Bertz CT molecular complexity index is 384.